The highest BCUT2D eigenvalue weighted by Gasteiger charge is 2.46. The maximum Gasteiger partial charge on any atom is 0.417 e. The third-order valence-corrected chi connectivity index (χ3v) is 15.3. The number of H-pyrrole nitrogens is 1. The third kappa shape index (κ3) is 12.0. The lowest BCUT2D eigenvalue weighted by Gasteiger charge is -2.44. The largest absolute Gasteiger partial charge is 0.417 e. The van der Waals surface area contributed by atoms with Crippen molar-refractivity contribution in [2.24, 2.45) is 0 Å². The molecule has 0 radical (unpaired) electrons. The van der Waals surface area contributed by atoms with Crippen LogP contribution in [0.3, 0.4) is 0 Å². The minimum Gasteiger partial charge on any atom is -0.384 e. The average Bonchev–Trinajstić information content (AvgIpc) is 3.66. The predicted molar refractivity (Wildman–Crippen MR) is 279 cm³/mol. The molecule has 7 heterocycles. The van der Waals surface area contributed by atoms with Crippen LogP contribution in [0.2, 0.25) is 0 Å². The lowest BCUT2D eigenvalue weighted by molar-refractivity contribution is -0.138. The Balaban J connectivity index is 0.726. The number of nitrogens with one attached hydrogen (secondary N) is 4. The van der Waals surface area contributed by atoms with Gasteiger partial charge in [0.25, 0.3) is 17.7 Å². The van der Waals surface area contributed by atoms with E-state index in [1.165, 1.54) is 12.1 Å². The number of piperazine rings is 2. The van der Waals surface area contributed by atoms with E-state index in [2.05, 4.69) is 40.7 Å². The SMILES string of the molecule is C[C@@H]1CN(c2cc(F)c(C3=CCN(c4ncc(CN5CCN(C(=O)CCCCCCNc6cccc7c6C(=O)N(C6CCC(=O)NC6=O)C7=O)CC5)cn4)CC3)cc2NC(=O)c2c[nH]c(=O)cc2C(F)(F)F)C[C@H](C)N1C. The third-order valence-electron chi connectivity index (χ3n) is 15.3. The van der Waals surface area contributed by atoms with Crippen molar-refractivity contribution in [1.29, 1.82) is 0 Å². The summed E-state index contributed by atoms with van der Waals surface area (Å²) < 4.78 is 58.2. The molecule has 3 fully saturated rings. The molecule has 0 spiro atoms. The van der Waals surface area contributed by atoms with E-state index in [1.807, 2.05) is 41.7 Å². The quantitative estimate of drug-likeness (QED) is 0.0619. The maximum atomic E-state index is 16.3. The van der Waals surface area contributed by atoms with Gasteiger partial charge in [0.1, 0.15) is 11.9 Å². The van der Waals surface area contributed by atoms with Crippen LogP contribution in [-0.4, -0.2) is 154 Å². The molecule has 5 aliphatic rings. The number of anilines is 4. The van der Waals surface area contributed by atoms with Gasteiger partial charge in [0.2, 0.25) is 29.2 Å². The molecule has 77 heavy (non-hydrogen) atoms. The Morgan fingerprint density at radius 1 is 0.831 bits per heavy atom. The maximum absolute atomic E-state index is 16.3. The summed E-state index contributed by atoms with van der Waals surface area (Å²) >= 11 is 0. The van der Waals surface area contributed by atoms with Crippen LogP contribution in [0.5, 0.6) is 0 Å². The molecule has 2 aromatic heterocycles. The van der Waals surface area contributed by atoms with E-state index in [1.54, 1.807) is 30.6 Å². The number of hydrogen-bond acceptors (Lipinski definition) is 14. The number of fused-ring (bicyclic) bond motifs is 1. The first-order chi connectivity index (χ1) is 36.8. The summed E-state index contributed by atoms with van der Waals surface area (Å²) in [6, 6.07) is 7.19. The lowest BCUT2D eigenvalue weighted by Crippen LogP contribution is -2.55. The van der Waals surface area contributed by atoms with Gasteiger partial charge in [0.05, 0.1) is 33.6 Å². The van der Waals surface area contributed by atoms with E-state index >= 15 is 4.39 Å². The lowest BCUT2D eigenvalue weighted by atomic mass is 9.97. The van der Waals surface area contributed by atoms with Gasteiger partial charge in [-0.05, 0) is 76.4 Å². The smallest absolute Gasteiger partial charge is 0.384 e. The molecule has 2 aromatic carbocycles. The minimum absolute atomic E-state index is 0.0483. The van der Waals surface area contributed by atoms with Crippen molar-refractivity contribution in [3.8, 4) is 0 Å². The van der Waals surface area contributed by atoms with Crippen LogP contribution >= 0.6 is 0 Å². The molecule has 0 bridgehead atoms. The van der Waals surface area contributed by atoms with Gasteiger partial charge in [-0.2, -0.15) is 13.2 Å². The number of hydrogen-bond donors (Lipinski definition) is 4. The number of benzene rings is 2. The van der Waals surface area contributed by atoms with Crippen LogP contribution in [0.4, 0.5) is 40.6 Å². The highest BCUT2D eigenvalue weighted by molar-refractivity contribution is 6.25. The molecule has 5 aliphatic heterocycles. The molecule has 4 N–H and O–H groups in total. The second-order valence-electron chi connectivity index (χ2n) is 20.4. The predicted octanol–water partition coefficient (Wildman–Crippen LogP) is 5.51. The van der Waals surface area contributed by atoms with Crippen molar-refractivity contribution in [2.45, 2.75) is 96.1 Å². The number of carbonyl (C=O) groups is 6. The van der Waals surface area contributed by atoms with Gasteiger partial charge in [-0.1, -0.05) is 25.0 Å². The summed E-state index contributed by atoms with van der Waals surface area (Å²) in [5, 5.41) is 8.10. The molecule has 23 heteroatoms. The van der Waals surface area contributed by atoms with Gasteiger partial charge < -0.3 is 30.3 Å². The van der Waals surface area contributed by atoms with Crippen LogP contribution in [0.25, 0.3) is 5.57 Å². The van der Waals surface area contributed by atoms with Gasteiger partial charge in [0, 0.05) is 132 Å². The number of aromatic amines is 1. The van der Waals surface area contributed by atoms with Crippen LogP contribution in [0.15, 0.2) is 65.9 Å². The number of pyridine rings is 1. The molecule has 0 aliphatic carbocycles. The zero-order valence-corrected chi connectivity index (χ0v) is 43.2. The number of aromatic nitrogens is 3. The summed E-state index contributed by atoms with van der Waals surface area (Å²) in [6.07, 6.45) is 5.35. The summed E-state index contributed by atoms with van der Waals surface area (Å²) in [4.78, 5) is 112. The fourth-order valence-electron chi connectivity index (χ4n) is 10.8. The Morgan fingerprint density at radius 2 is 1.56 bits per heavy atom. The first-order valence-corrected chi connectivity index (χ1v) is 26.1. The number of imide groups is 2. The van der Waals surface area contributed by atoms with Gasteiger partial charge in [0.15, 0.2) is 0 Å². The number of alkyl halides is 3. The molecule has 3 atom stereocenters. The number of halogens is 4. The van der Waals surface area contributed by atoms with Gasteiger partial charge >= 0.3 is 6.18 Å². The Kier molecular flexibility index (Phi) is 16.2. The fraction of sp³-hybridized carbons (Fsp3) is 0.463. The van der Waals surface area contributed by atoms with Crippen LogP contribution in [0, 0.1) is 5.82 Å². The molecular weight excluding hydrogens is 1000 g/mol. The van der Waals surface area contributed by atoms with E-state index in [9.17, 15) is 46.7 Å². The van der Waals surface area contributed by atoms with Crippen LogP contribution in [0.1, 0.15) is 113 Å². The van der Waals surface area contributed by atoms with Crippen LogP contribution < -0.4 is 31.3 Å². The van der Waals surface area contributed by atoms with Crippen molar-refractivity contribution >= 4 is 64.0 Å². The number of carbonyl (C=O) groups excluding carboxylic acids is 6. The van der Waals surface area contributed by atoms with E-state index in [-0.39, 0.29) is 53.2 Å². The van der Waals surface area contributed by atoms with Crippen LogP contribution in [-0.2, 0) is 27.1 Å². The van der Waals surface area contributed by atoms with Gasteiger partial charge in [-0.25, -0.2) is 14.4 Å². The Hall–Kier alpha value is -7.53. The van der Waals surface area contributed by atoms with E-state index in [4.69, 9.17) is 0 Å². The zero-order valence-electron chi connectivity index (χ0n) is 43.2. The Bertz CT molecular complexity index is 3020. The molecular formula is C54H62F4N12O7. The first kappa shape index (κ1) is 54.3. The Morgan fingerprint density at radius 3 is 2.25 bits per heavy atom. The Labute approximate surface area is 442 Å². The van der Waals surface area contributed by atoms with Crippen molar-refractivity contribution in [3.63, 3.8) is 0 Å². The molecule has 0 saturated carbocycles. The highest BCUT2D eigenvalue weighted by Crippen LogP contribution is 2.38. The molecule has 1 unspecified atom stereocenters. The van der Waals surface area contributed by atoms with Crippen molar-refractivity contribution in [2.75, 3.05) is 86.4 Å². The van der Waals surface area contributed by atoms with Gasteiger partial charge in [-0.3, -0.25) is 53.6 Å². The number of unbranched alkanes of at least 4 members (excludes halogenated alkanes) is 3. The molecule has 6 amide bonds. The van der Waals surface area contributed by atoms with E-state index < -0.39 is 64.3 Å². The van der Waals surface area contributed by atoms with Crippen molar-refractivity contribution in [1.82, 2.24) is 39.9 Å². The highest BCUT2D eigenvalue weighted by atomic mass is 19.4. The fourth-order valence-corrected chi connectivity index (χ4v) is 10.8. The standard InChI is InChI=1S/C54H62F4N12O7/c1-32-29-69(30-33(2)65(32)3)44-25-40(55)37(23-42(44)63-49(74)38-28-60-46(72)24-39(38)54(56,57)58)35-14-17-68(18-15-35)53-61-26-34(27-62-53)31-66-19-21-67(22-20-66)47(73)11-6-4-5-7-16-59-41-10-8-9-36-48(41)52(77)70(51(36)76)43-12-13-45(71)64-50(43)75/h8-10,14,23-28,32-33,43,59H,4-7,11-13,15-22,29-31H2,1-3H3,(H,60,72)(H,63,74)(H,64,71,75)/t32-,33+,43?. The first-order valence-electron chi connectivity index (χ1n) is 26.1. The van der Waals surface area contributed by atoms with Gasteiger partial charge in [-0.15, -0.1) is 0 Å². The molecule has 408 valence electrons. The average molecular weight is 1070 g/mol. The summed E-state index contributed by atoms with van der Waals surface area (Å²) in [5.41, 5.74) is 0.0321. The minimum atomic E-state index is -4.98. The zero-order chi connectivity index (χ0) is 54.7. The number of rotatable bonds is 16. The number of nitrogens with zero attached hydrogens (tertiary/aromatic N) is 8. The second-order valence-corrected chi connectivity index (χ2v) is 20.4. The van der Waals surface area contributed by atoms with E-state index in [0.29, 0.717) is 107 Å². The van der Waals surface area contributed by atoms with Crippen molar-refractivity contribution in [3.05, 3.63) is 111 Å². The summed E-state index contributed by atoms with van der Waals surface area (Å²) in [7, 11) is 1.98. The molecule has 19 nitrogen and oxygen atoms in total. The number of amides is 6. The topological polar surface area (TPSA) is 217 Å². The monoisotopic (exact) mass is 1070 g/mol. The number of likely N-dealkylation sites (N-methyl/N-ethyl adjacent to an activating group) is 1. The molecule has 9 rings (SSSR count). The summed E-state index contributed by atoms with van der Waals surface area (Å²) in [6.45, 7) is 9.53. The number of piperidine rings is 1. The molecule has 3 saturated heterocycles. The van der Waals surface area contributed by atoms with Crippen molar-refractivity contribution < 1.29 is 46.3 Å². The second kappa shape index (κ2) is 23.0. The normalized spacial score (nSPS) is 20.6. The van der Waals surface area contributed by atoms with E-state index in [0.717, 1.165) is 42.3 Å². The molecule has 4 aromatic rings. The summed E-state index contributed by atoms with van der Waals surface area (Å²) in [5.74, 6) is -3.23.